The van der Waals surface area contributed by atoms with Crippen LogP contribution in [0.3, 0.4) is 0 Å². The number of halogens is 5. The number of hydrogen-bond acceptors (Lipinski definition) is 4. The average molecular weight is 512 g/mol. The Kier molecular flexibility index (Phi) is 7.06. The molecule has 0 bridgehead atoms. The molecule has 4 rings (SSSR count). The molecule has 0 spiro atoms. The summed E-state index contributed by atoms with van der Waals surface area (Å²) in [5.41, 5.74) is -1.53. The molecular formula is C24H26ClF4N5O. The largest absolute Gasteiger partial charge is 0.396 e. The van der Waals surface area contributed by atoms with Crippen molar-refractivity contribution in [3.05, 3.63) is 46.7 Å². The van der Waals surface area contributed by atoms with Crippen LogP contribution in [0.4, 0.5) is 23.4 Å². The Labute approximate surface area is 206 Å². The van der Waals surface area contributed by atoms with Crippen LogP contribution in [0.25, 0.3) is 11.3 Å². The summed E-state index contributed by atoms with van der Waals surface area (Å²) in [5.74, 6) is -0.153. The van der Waals surface area contributed by atoms with Gasteiger partial charge in [0.2, 0.25) is 6.41 Å². The number of pyridine rings is 1. The minimum atomic E-state index is -4.46. The van der Waals surface area contributed by atoms with Gasteiger partial charge in [0.15, 0.2) is 0 Å². The van der Waals surface area contributed by atoms with E-state index in [-0.39, 0.29) is 34.9 Å². The molecular weight excluding hydrogens is 486 g/mol. The highest BCUT2D eigenvalue weighted by Gasteiger charge is 2.64. The number of benzene rings is 1. The Morgan fingerprint density at radius 3 is 2.43 bits per heavy atom. The highest BCUT2D eigenvalue weighted by Crippen LogP contribution is 2.58. The zero-order valence-corrected chi connectivity index (χ0v) is 20.2. The Hall–Kier alpha value is -2.72. The van der Waals surface area contributed by atoms with Gasteiger partial charge in [-0.15, -0.1) is 0 Å². The number of hydrogen-bond donors (Lipinski definition) is 0. The maximum absolute atomic E-state index is 14.6. The van der Waals surface area contributed by atoms with E-state index < -0.39 is 24.0 Å². The van der Waals surface area contributed by atoms with Crippen molar-refractivity contribution in [1.82, 2.24) is 14.8 Å². The zero-order valence-electron chi connectivity index (χ0n) is 19.4. The fourth-order valence-electron chi connectivity index (χ4n) is 4.33. The van der Waals surface area contributed by atoms with Gasteiger partial charge in [-0.05, 0) is 38.1 Å². The van der Waals surface area contributed by atoms with Crippen LogP contribution in [0, 0.1) is 11.2 Å². The first-order valence-electron chi connectivity index (χ1n) is 11.2. The molecule has 1 aliphatic carbocycles. The molecule has 1 aromatic carbocycles. The summed E-state index contributed by atoms with van der Waals surface area (Å²) in [5, 5.41) is 0.104. The molecule has 2 fully saturated rings. The maximum atomic E-state index is 14.6. The Balaban J connectivity index is 1.84. The topological polar surface area (TPSA) is 52.0 Å². The highest BCUT2D eigenvalue weighted by atomic mass is 35.5. The number of likely N-dealkylation sites (N-methyl/N-ethyl adjacent to an activating group) is 1. The molecule has 1 amide bonds. The standard InChI is InChI=1S/C24H26ClF4N5O/c1-30-21(33-11-9-32(2)10-12-33)17-13-18(25)20(16-5-3-4-6-19(16)26)31-22(17)34(15-35)14-23(7-8-23)24(27,28)29/h3-6,13,15H,7-12,14H2,1-2H3/b30-21+. The number of piperazine rings is 1. The summed E-state index contributed by atoms with van der Waals surface area (Å²) < 4.78 is 55.8. The SMILES string of the molecule is C/N=C(\c1cc(Cl)c(-c2ccccc2F)nc1N(C=O)CC1(C(F)(F)F)CC1)N1CCN(C)CC1. The molecule has 0 radical (unpaired) electrons. The lowest BCUT2D eigenvalue weighted by molar-refractivity contribution is -0.183. The molecule has 0 unspecified atom stereocenters. The first-order valence-corrected chi connectivity index (χ1v) is 11.6. The van der Waals surface area contributed by atoms with Gasteiger partial charge in [-0.2, -0.15) is 13.2 Å². The fourth-order valence-corrected chi connectivity index (χ4v) is 4.58. The summed E-state index contributed by atoms with van der Waals surface area (Å²) in [6.45, 7) is 2.19. The third-order valence-electron chi connectivity index (χ3n) is 6.67. The molecule has 1 saturated carbocycles. The third-order valence-corrected chi connectivity index (χ3v) is 6.96. The van der Waals surface area contributed by atoms with Crippen molar-refractivity contribution < 1.29 is 22.4 Å². The van der Waals surface area contributed by atoms with Crippen molar-refractivity contribution in [3.8, 4) is 11.3 Å². The molecule has 6 nitrogen and oxygen atoms in total. The van der Waals surface area contributed by atoms with Crippen molar-refractivity contribution in [3.63, 3.8) is 0 Å². The van der Waals surface area contributed by atoms with E-state index in [0.29, 0.717) is 30.9 Å². The number of nitrogens with zero attached hydrogens (tertiary/aromatic N) is 5. The number of rotatable bonds is 6. The molecule has 2 heterocycles. The molecule has 0 atom stereocenters. The van der Waals surface area contributed by atoms with Gasteiger partial charge < -0.3 is 9.80 Å². The van der Waals surface area contributed by atoms with Crippen LogP contribution < -0.4 is 4.90 Å². The minimum Gasteiger partial charge on any atom is -0.354 e. The van der Waals surface area contributed by atoms with Gasteiger partial charge in [-0.25, -0.2) is 9.37 Å². The first kappa shape index (κ1) is 25.4. The van der Waals surface area contributed by atoms with Crippen molar-refractivity contribution >= 4 is 29.7 Å². The summed E-state index contributed by atoms with van der Waals surface area (Å²) in [4.78, 5) is 26.1. The normalized spacial score (nSPS) is 18.5. The number of alkyl halides is 3. The number of amidine groups is 1. The minimum absolute atomic E-state index is 0.0299. The lowest BCUT2D eigenvalue weighted by Gasteiger charge is -2.36. The molecule has 2 aliphatic rings. The monoisotopic (exact) mass is 511 g/mol. The predicted molar refractivity (Wildman–Crippen MR) is 127 cm³/mol. The van der Waals surface area contributed by atoms with E-state index in [9.17, 15) is 22.4 Å². The van der Waals surface area contributed by atoms with E-state index in [1.807, 2.05) is 11.9 Å². The lowest BCUT2D eigenvalue weighted by Crippen LogP contribution is -2.48. The first-order chi connectivity index (χ1) is 16.6. The van der Waals surface area contributed by atoms with Gasteiger partial charge in [-0.1, -0.05) is 23.7 Å². The van der Waals surface area contributed by atoms with Crippen LogP contribution in [0.15, 0.2) is 35.3 Å². The second-order valence-electron chi connectivity index (χ2n) is 9.02. The molecule has 11 heteroatoms. The number of carbonyl (C=O) groups excluding carboxylic acids is 1. The Morgan fingerprint density at radius 1 is 1.23 bits per heavy atom. The van der Waals surface area contributed by atoms with Gasteiger partial charge in [0.1, 0.15) is 17.5 Å². The molecule has 1 aliphatic heterocycles. The Bertz CT molecular complexity index is 1130. The van der Waals surface area contributed by atoms with Crippen molar-refractivity contribution in [2.45, 2.75) is 19.0 Å². The van der Waals surface area contributed by atoms with Gasteiger partial charge in [0.05, 0.1) is 21.7 Å². The highest BCUT2D eigenvalue weighted by molar-refractivity contribution is 6.33. The van der Waals surface area contributed by atoms with E-state index in [2.05, 4.69) is 14.9 Å². The van der Waals surface area contributed by atoms with Gasteiger partial charge in [0.25, 0.3) is 0 Å². The smallest absolute Gasteiger partial charge is 0.354 e. The molecule has 0 N–H and O–H groups in total. The third kappa shape index (κ3) is 4.99. The predicted octanol–water partition coefficient (Wildman–Crippen LogP) is 4.47. The van der Waals surface area contributed by atoms with E-state index >= 15 is 0 Å². The van der Waals surface area contributed by atoms with Crippen LogP contribution in [0.5, 0.6) is 0 Å². The van der Waals surface area contributed by atoms with Crippen LogP contribution in [-0.2, 0) is 4.79 Å². The maximum Gasteiger partial charge on any atom is 0.396 e. The van der Waals surface area contributed by atoms with E-state index in [1.54, 1.807) is 13.1 Å². The van der Waals surface area contributed by atoms with Crippen molar-refractivity contribution in [2.75, 3.05) is 51.7 Å². The summed E-state index contributed by atoms with van der Waals surface area (Å²) in [7, 11) is 3.56. The summed E-state index contributed by atoms with van der Waals surface area (Å²) in [6.07, 6.45) is -4.27. The molecule has 1 saturated heterocycles. The van der Waals surface area contributed by atoms with Gasteiger partial charge in [-0.3, -0.25) is 14.7 Å². The number of carbonyl (C=O) groups is 1. The van der Waals surface area contributed by atoms with Crippen LogP contribution in [-0.4, -0.2) is 80.0 Å². The lowest BCUT2D eigenvalue weighted by atomic mass is 10.0. The van der Waals surface area contributed by atoms with Crippen LogP contribution >= 0.6 is 11.6 Å². The van der Waals surface area contributed by atoms with Gasteiger partial charge >= 0.3 is 6.18 Å². The van der Waals surface area contributed by atoms with Crippen LogP contribution in [0.2, 0.25) is 5.02 Å². The van der Waals surface area contributed by atoms with Crippen molar-refractivity contribution in [1.29, 1.82) is 0 Å². The molecule has 188 valence electrons. The molecule has 35 heavy (non-hydrogen) atoms. The molecule has 1 aromatic heterocycles. The number of aromatic nitrogens is 1. The Morgan fingerprint density at radius 2 is 1.89 bits per heavy atom. The van der Waals surface area contributed by atoms with Gasteiger partial charge in [0, 0.05) is 45.3 Å². The molecule has 2 aromatic rings. The zero-order chi connectivity index (χ0) is 25.4. The number of anilines is 1. The number of aliphatic imine (C=N–C) groups is 1. The quantitative estimate of drug-likeness (QED) is 0.248. The number of amides is 1. The van der Waals surface area contributed by atoms with Crippen molar-refractivity contribution in [2.24, 2.45) is 10.4 Å². The average Bonchev–Trinajstić information content (AvgIpc) is 3.61. The van der Waals surface area contributed by atoms with E-state index in [0.717, 1.165) is 18.0 Å². The van der Waals surface area contributed by atoms with E-state index in [1.165, 1.54) is 24.3 Å². The second-order valence-corrected chi connectivity index (χ2v) is 9.43. The summed E-state index contributed by atoms with van der Waals surface area (Å²) in [6, 6.07) is 7.34. The summed E-state index contributed by atoms with van der Waals surface area (Å²) >= 11 is 6.54. The fraction of sp³-hybridized carbons (Fsp3) is 0.458. The van der Waals surface area contributed by atoms with Crippen LogP contribution in [0.1, 0.15) is 18.4 Å². The second kappa shape index (κ2) is 9.73. The van der Waals surface area contributed by atoms with E-state index in [4.69, 9.17) is 11.6 Å².